The maximum atomic E-state index is 5.98. The molecule has 2 rings (SSSR count). The van der Waals surface area contributed by atoms with E-state index in [1.165, 1.54) is 0 Å². The van der Waals surface area contributed by atoms with Gasteiger partial charge in [-0.2, -0.15) is 5.10 Å². The lowest BCUT2D eigenvalue weighted by Crippen LogP contribution is -2.11. The molecule has 2 N–H and O–H groups in total. The highest BCUT2D eigenvalue weighted by atomic mass is 15.3. The van der Waals surface area contributed by atoms with E-state index >= 15 is 0 Å². The highest BCUT2D eigenvalue weighted by Gasteiger charge is 2.11. The Labute approximate surface area is 108 Å². The molecule has 0 aliphatic rings. The SMILES string of the molecule is CC(C)CCc1c(N)cnn1Cc1nccn1C. The van der Waals surface area contributed by atoms with Gasteiger partial charge in [0.15, 0.2) is 0 Å². The van der Waals surface area contributed by atoms with Gasteiger partial charge in [-0.25, -0.2) is 4.98 Å². The van der Waals surface area contributed by atoms with Gasteiger partial charge in [0.1, 0.15) is 5.82 Å². The second-order valence-corrected chi connectivity index (χ2v) is 5.09. The summed E-state index contributed by atoms with van der Waals surface area (Å²) < 4.78 is 3.96. The fourth-order valence-corrected chi connectivity index (χ4v) is 1.94. The largest absolute Gasteiger partial charge is 0.396 e. The van der Waals surface area contributed by atoms with E-state index in [4.69, 9.17) is 5.73 Å². The minimum Gasteiger partial charge on any atom is -0.396 e. The second-order valence-electron chi connectivity index (χ2n) is 5.09. The lowest BCUT2D eigenvalue weighted by molar-refractivity contribution is 0.545. The Morgan fingerprint density at radius 3 is 2.78 bits per heavy atom. The molecule has 0 radical (unpaired) electrons. The van der Waals surface area contributed by atoms with Crippen molar-refractivity contribution in [2.24, 2.45) is 13.0 Å². The average molecular weight is 247 g/mol. The van der Waals surface area contributed by atoms with E-state index in [2.05, 4.69) is 23.9 Å². The first-order chi connectivity index (χ1) is 8.58. The number of nitrogens with zero attached hydrogens (tertiary/aromatic N) is 4. The minimum atomic E-state index is 0.668. The molecule has 0 spiro atoms. The molecule has 0 saturated heterocycles. The molecule has 98 valence electrons. The Kier molecular flexibility index (Phi) is 3.69. The van der Waals surface area contributed by atoms with E-state index in [-0.39, 0.29) is 0 Å². The third kappa shape index (κ3) is 2.72. The Balaban J connectivity index is 2.15. The molecule has 0 atom stereocenters. The van der Waals surface area contributed by atoms with Crippen LogP contribution in [-0.4, -0.2) is 19.3 Å². The maximum Gasteiger partial charge on any atom is 0.130 e. The Morgan fingerprint density at radius 1 is 1.39 bits per heavy atom. The Morgan fingerprint density at radius 2 is 2.17 bits per heavy atom. The fourth-order valence-electron chi connectivity index (χ4n) is 1.94. The quantitative estimate of drug-likeness (QED) is 0.877. The van der Waals surface area contributed by atoms with Crippen LogP contribution in [0.5, 0.6) is 0 Å². The van der Waals surface area contributed by atoms with E-state index in [0.29, 0.717) is 12.5 Å². The van der Waals surface area contributed by atoms with Crippen molar-refractivity contribution >= 4 is 5.69 Å². The molecule has 5 nitrogen and oxygen atoms in total. The molecule has 0 aliphatic heterocycles. The topological polar surface area (TPSA) is 61.7 Å². The molecule has 0 fully saturated rings. The van der Waals surface area contributed by atoms with E-state index in [1.807, 2.05) is 22.5 Å². The monoisotopic (exact) mass is 247 g/mol. The molecule has 0 amide bonds. The van der Waals surface area contributed by atoms with Crippen molar-refractivity contribution in [3.8, 4) is 0 Å². The summed E-state index contributed by atoms with van der Waals surface area (Å²) in [6, 6.07) is 0. The van der Waals surface area contributed by atoms with Crippen molar-refractivity contribution in [2.75, 3.05) is 5.73 Å². The van der Waals surface area contributed by atoms with Crippen molar-refractivity contribution in [1.29, 1.82) is 0 Å². The molecule has 5 heteroatoms. The summed E-state index contributed by atoms with van der Waals surface area (Å²) in [5.41, 5.74) is 7.88. The van der Waals surface area contributed by atoms with Crippen molar-refractivity contribution in [3.05, 3.63) is 30.1 Å². The van der Waals surface area contributed by atoms with Crippen LogP contribution in [0.2, 0.25) is 0 Å². The molecule has 0 saturated carbocycles. The lowest BCUT2D eigenvalue weighted by atomic mass is 10.1. The number of hydrogen-bond acceptors (Lipinski definition) is 3. The predicted molar refractivity (Wildman–Crippen MR) is 72.1 cm³/mol. The zero-order valence-electron chi connectivity index (χ0n) is 11.3. The number of imidazole rings is 1. The van der Waals surface area contributed by atoms with Crippen molar-refractivity contribution in [3.63, 3.8) is 0 Å². The summed E-state index contributed by atoms with van der Waals surface area (Å²) >= 11 is 0. The predicted octanol–water partition coefficient (Wildman–Crippen LogP) is 1.84. The molecule has 2 aromatic rings. The number of aryl methyl sites for hydroxylation is 1. The van der Waals surface area contributed by atoms with Crippen LogP contribution in [0.3, 0.4) is 0 Å². The Hall–Kier alpha value is -1.78. The third-order valence-electron chi connectivity index (χ3n) is 3.15. The number of nitrogen functional groups attached to an aromatic ring is 1. The zero-order valence-corrected chi connectivity index (χ0v) is 11.3. The van der Waals surface area contributed by atoms with Crippen molar-refractivity contribution in [2.45, 2.75) is 33.2 Å². The fraction of sp³-hybridized carbons (Fsp3) is 0.538. The number of aromatic nitrogens is 4. The van der Waals surface area contributed by atoms with Gasteiger partial charge >= 0.3 is 0 Å². The summed E-state index contributed by atoms with van der Waals surface area (Å²) in [5.74, 6) is 1.66. The molecule has 2 aromatic heterocycles. The van der Waals surface area contributed by atoms with E-state index in [9.17, 15) is 0 Å². The van der Waals surface area contributed by atoms with Gasteiger partial charge in [-0.3, -0.25) is 4.68 Å². The summed E-state index contributed by atoms with van der Waals surface area (Å²) in [6.07, 6.45) is 7.56. The lowest BCUT2D eigenvalue weighted by Gasteiger charge is -2.10. The minimum absolute atomic E-state index is 0.668. The van der Waals surface area contributed by atoms with Crippen LogP contribution in [-0.2, 0) is 20.0 Å². The van der Waals surface area contributed by atoms with Gasteiger partial charge in [-0.15, -0.1) is 0 Å². The molecular weight excluding hydrogens is 226 g/mol. The van der Waals surface area contributed by atoms with Gasteiger partial charge in [0.25, 0.3) is 0 Å². The first kappa shape index (κ1) is 12.7. The molecule has 18 heavy (non-hydrogen) atoms. The molecule has 0 aliphatic carbocycles. The van der Waals surface area contributed by atoms with Gasteiger partial charge in [0.05, 0.1) is 24.1 Å². The molecular formula is C13H21N5. The second kappa shape index (κ2) is 5.25. The van der Waals surface area contributed by atoms with Gasteiger partial charge in [0, 0.05) is 19.4 Å². The van der Waals surface area contributed by atoms with Gasteiger partial charge in [-0.05, 0) is 18.8 Å². The highest BCUT2D eigenvalue weighted by Crippen LogP contribution is 2.16. The van der Waals surface area contributed by atoms with Gasteiger partial charge < -0.3 is 10.3 Å². The van der Waals surface area contributed by atoms with Crippen LogP contribution in [0.1, 0.15) is 31.8 Å². The highest BCUT2D eigenvalue weighted by molar-refractivity contribution is 5.41. The van der Waals surface area contributed by atoms with E-state index < -0.39 is 0 Å². The Bertz CT molecular complexity index is 509. The smallest absolute Gasteiger partial charge is 0.130 e. The average Bonchev–Trinajstić information content (AvgIpc) is 2.85. The summed E-state index contributed by atoms with van der Waals surface area (Å²) in [4.78, 5) is 4.32. The van der Waals surface area contributed by atoms with E-state index in [1.54, 1.807) is 12.4 Å². The summed E-state index contributed by atoms with van der Waals surface area (Å²) in [6.45, 7) is 5.11. The van der Waals surface area contributed by atoms with Crippen LogP contribution in [0, 0.1) is 5.92 Å². The molecule has 0 aromatic carbocycles. The van der Waals surface area contributed by atoms with Crippen LogP contribution < -0.4 is 5.73 Å². The molecule has 0 bridgehead atoms. The number of hydrogen-bond donors (Lipinski definition) is 1. The van der Waals surface area contributed by atoms with Crippen LogP contribution in [0.15, 0.2) is 18.6 Å². The summed E-state index contributed by atoms with van der Waals surface area (Å²) in [7, 11) is 1.99. The molecule has 0 unspecified atom stereocenters. The van der Waals surface area contributed by atoms with Crippen LogP contribution >= 0.6 is 0 Å². The normalized spacial score (nSPS) is 11.3. The van der Waals surface area contributed by atoms with Crippen molar-refractivity contribution < 1.29 is 0 Å². The summed E-state index contributed by atoms with van der Waals surface area (Å²) in [5, 5.41) is 4.35. The van der Waals surface area contributed by atoms with Crippen molar-refractivity contribution in [1.82, 2.24) is 19.3 Å². The van der Waals surface area contributed by atoms with Gasteiger partial charge in [0.2, 0.25) is 0 Å². The molecule has 2 heterocycles. The first-order valence-electron chi connectivity index (χ1n) is 6.34. The number of anilines is 1. The standard InChI is InChI=1S/C13H21N5/c1-10(2)4-5-12-11(14)8-16-18(12)9-13-15-6-7-17(13)3/h6-8,10H,4-5,9,14H2,1-3H3. The first-order valence-corrected chi connectivity index (χ1v) is 6.34. The maximum absolute atomic E-state index is 5.98. The van der Waals surface area contributed by atoms with E-state index in [0.717, 1.165) is 30.0 Å². The van der Waals surface area contributed by atoms with Crippen LogP contribution in [0.4, 0.5) is 5.69 Å². The zero-order chi connectivity index (χ0) is 13.1. The van der Waals surface area contributed by atoms with Crippen LogP contribution in [0.25, 0.3) is 0 Å². The number of nitrogens with two attached hydrogens (primary N) is 1. The number of rotatable bonds is 5. The van der Waals surface area contributed by atoms with Gasteiger partial charge in [-0.1, -0.05) is 13.8 Å². The third-order valence-corrected chi connectivity index (χ3v) is 3.15.